The third-order valence-corrected chi connectivity index (χ3v) is 3.87. The van der Waals surface area contributed by atoms with E-state index in [0.717, 1.165) is 29.4 Å². The highest BCUT2D eigenvalue weighted by Crippen LogP contribution is 2.30. The van der Waals surface area contributed by atoms with Crippen LogP contribution < -0.4 is 10.9 Å². The molecule has 1 saturated carbocycles. The molecule has 4 heteroatoms. The molecule has 19 heavy (non-hydrogen) atoms. The van der Waals surface area contributed by atoms with Crippen LogP contribution in [0.5, 0.6) is 0 Å². The van der Waals surface area contributed by atoms with Gasteiger partial charge in [-0.1, -0.05) is 27.4 Å². The minimum absolute atomic E-state index is 0.0112. The fraction of sp³-hybridized carbons (Fsp3) is 0.667. The summed E-state index contributed by atoms with van der Waals surface area (Å²) in [4.78, 5) is 12.0. The minimum Gasteiger partial charge on any atom is -0.384 e. The van der Waals surface area contributed by atoms with Crippen molar-refractivity contribution in [3.63, 3.8) is 0 Å². The van der Waals surface area contributed by atoms with Crippen molar-refractivity contribution in [1.82, 2.24) is 15.1 Å². The van der Waals surface area contributed by atoms with Gasteiger partial charge in [0, 0.05) is 29.9 Å². The molecule has 1 fully saturated rings. The Hall–Kier alpha value is -1.45. The maximum atomic E-state index is 12.0. The van der Waals surface area contributed by atoms with E-state index < -0.39 is 0 Å². The van der Waals surface area contributed by atoms with Gasteiger partial charge in [0.2, 0.25) is 0 Å². The van der Waals surface area contributed by atoms with Crippen LogP contribution in [0, 0.1) is 18.3 Å². The van der Waals surface area contributed by atoms with Crippen LogP contribution in [0.4, 0.5) is 0 Å². The third kappa shape index (κ3) is 3.31. The number of hydrogen-bond acceptors (Lipinski definition) is 2. The van der Waals surface area contributed by atoms with Gasteiger partial charge in [-0.2, -0.15) is 0 Å². The third-order valence-electron chi connectivity index (χ3n) is 3.87. The Bertz CT molecular complexity index is 527. The molecule has 106 valence electrons. The Labute approximate surface area is 114 Å². The van der Waals surface area contributed by atoms with E-state index in [0.29, 0.717) is 6.54 Å². The van der Waals surface area contributed by atoms with Crippen LogP contribution >= 0.6 is 0 Å². The number of aromatic nitrogens is 2. The van der Waals surface area contributed by atoms with Gasteiger partial charge < -0.3 is 5.32 Å². The van der Waals surface area contributed by atoms with Crippen molar-refractivity contribution in [3.8, 4) is 0 Å². The second-order valence-electron chi connectivity index (χ2n) is 6.64. The predicted molar refractivity (Wildman–Crippen MR) is 77.9 cm³/mol. The Balaban J connectivity index is 2.05. The van der Waals surface area contributed by atoms with Crippen molar-refractivity contribution in [2.45, 2.75) is 53.6 Å². The molecule has 1 aromatic rings. The first-order valence-electron chi connectivity index (χ1n) is 7.00. The first-order valence-corrected chi connectivity index (χ1v) is 7.00. The summed E-state index contributed by atoms with van der Waals surface area (Å²) in [5, 5.41) is 6.21. The lowest BCUT2D eigenvalue weighted by Crippen LogP contribution is -2.25. The molecule has 0 amide bonds. The lowest BCUT2D eigenvalue weighted by molar-refractivity contribution is 0.460. The summed E-state index contributed by atoms with van der Waals surface area (Å²) < 4.78 is 2.00. The van der Waals surface area contributed by atoms with Crippen LogP contribution in [0.3, 0.4) is 0 Å². The summed E-state index contributed by atoms with van der Waals surface area (Å²) in [7, 11) is 0. The summed E-state index contributed by atoms with van der Waals surface area (Å²) in [6.45, 7) is 13.9. The van der Waals surface area contributed by atoms with Crippen molar-refractivity contribution in [3.05, 3.63) is 33.9 Å². The molecule has 0 atom stereocenters. The summed E-state index contributed by atoms with van der Waals surface area (Å²) in [6.07, 6.45) is 2.57. The summed E-state index contributed by atoms with van der Waals surface area (Å²) in [5.74, 6) is 0.757. The lowest BCUT2D eigenvalue weighted by atomic mass is 9.93. The van der Waals surface area contributed by atoms with Crippen LogP contribution in [0.1, 0.15) is 44.9 Å². The normalized spacial score (nSPS) is 15.6. The zero-order valence-corrected chi connectivity index (χ0v) is 12.5. The summed E-state index contributed by atoms with van der Waals surface area (Å²) >= 11 is 0. The summed E-state index contributed by atoms with van der Waals surface area (Å²) in [6, 6.07) is 0. The van der Waals surface area contributed by atoms with E-state index in [-0.39, 0.29) is 11.0 Å². The molecule has 4 nitrogen and oxygen atoms in total. The highest BCUT2D eigenvalue weighted by Gasteiger charge is 2.24. The molecule has 1 heterocycles. The van der Waals surface area contributed by atoms with Crippen molar-refractivity contribution in [1.29, 1.82) is 0 Å². The van der Waals surface area contributed by atoms with E-state index >= 15 is 0 Å². The molecule has 1 aliphatic rings. The van der Waals surface area contributed by atoms with E-state index in [1.807, 2.05) is 11.6 Å². The zero-order valence-electron chi connectivity index (χ0n) is 12.5. The fourth-order valence-electron chi connectivity index (χ4n) is 2.01. The number of hydrogen-bond donors (Lipinski definition) is 2. The van der Waals surface area contributed by atoms with Crippen LogP contribution in [-0.2, 0) is 13.1 Å². The highest BCUT2D eigenvalue weighted by molar-refractivity contribution is 5.18. The van der Waals surface area contributed by atoms with E-state index in [4.69, 9.17) is 0 Å². The molecule has 0 spiro atoms. The number of rotatable bonds is 5. The molecular formula is C15H25N3O. The molecule has 2 N–H and O–H groups in total. The number of allylic oxidation sites excluding steroid dienone is 1. The van der Waals surface area contributed by atoms with Crippen molar-refractivity contribution < 1.29 is 0 Å². The molecule has 0 radical (unpaired) electrons. The monoisotopic (exact) mass is 263 g/mol. The molecular weight excluding hydrogens is 238 g/mol. The van der Waals surface area contributed by atoms with Gasteiger partial charge in [-0.05, 0) is 25.7 Å². The number of aromatic amines is 1. The van der Waals surface area contributed by atoms with E-state index in [1.54, 1.807) is 0 Å². The maximum absolute atomic E-state index is 12.0. The van der Waals surface area contributed by atoms with E-state index in [1.165, 1.54) is 12.8 Å². The second kappa shape index (κ2) is 4.91. The molecule has 1 aromatic heterocycles. The topological polar surface area (TPSA) is 49.8 Å². The Morgan fingerprint density at radius 2 is 2.11 bits per heavy atom. The first-order chi connectivity index (χ1) is 8.79. The average Bonchev–Trinajstić information content (AvgIpc) is 3.05. The van der Waals surface area contributed by atoms with Crippen molar-refractivity contribution >= 4 is 0 Å². The SMILES string of the molecule is C=C(NCc1c(C)n(CC2CC2)[nH]c1=O)C(C)(C)C. The molecule has 0 unspecified atom stereocenters. The zero-order chi connectivity index (χ0) is 14.2. The van der Waals surface area contributed by atoms with Gasteiger partial charge in [0.15, 0.2) is 0 Å². The molecule has 0 aromatic carbocycles. The standard InChI is InChI=1S/C15H25N3O/c1-10-13(8-16-11(2)15(3,4)5)14(19)17-18(10)9-12-6-7-12/h12,16H,2,6-9H2,1,3-5H3,(H,17,19). The van der Waals surface area contributed by atoms with Crippen molar-refractivity contribution in [2.24, 2.45) is 11.3 Å². The minimum atomic E-state index is 0.0112. The molecule has 0 saturated heterocycles. The van der Waals surface area contributed by atoms with Gasteiger partial charge in [-0.15, -0.1) is 0 Å². The Morgan fingerprint density at radius 3 is 2.63 bits per heavy atom. The second-order valence-corrected chi connectivity index (χ2v) is 6.64. The van der Waals surface area contributed by atoms with Crippen LogP contribution in [0.25, 0.3) is 0 Å². The van der Waals surface area contributed by atoms with E-state index in [2.05, 4.69) is 37.8 Å². The van der Waals surface area contributed by atoms with Gasteiger partial charge in [0.05, 0.1) is 5.56 Å². The molecule has 0 aliphatic heterocycles. The van der Waals surface area contributed by atoms with Gasteiger partial charge in [0.1, 0.15) is 0 Å². The number of H-pyrrole nitrogens is 1. The first kappa shape index (κ1) is 14.0. The fourth-order valence-corrected chi connectivity index (χ4v) is 2.01. The Kier molecular flexibility index (Phi) is 3.61. The summed E-state index contributed by atoms with van der Waals surface area (Å²) in [5.41, 5.74) is 2.86. The maximum Gasteiger partial charge on any atom is 0.269 e. The quantitative estimate of drug-likeness (QED) is 0.857. The predicted octanol–water partition coefficient (Wildman–Crippen LogP) is 2.54. The molecule has 0 bridgehead atoms. The highest BCUT2D eigenvalue weighted by atomic mass is 16.1. The van der Waals surface area contributed by atoms with Gasteiger partial charge >= 0.3 is 0 Å². The average molecular weight is 263 g/mol. The van der Waals surface area contributed by atoms with Crippen molar-refractivity contribution in [2.75, 3.05) is 0 Å². The molecule has 1 aliphatic carbocycles. The van der Waals surface area contributed by atoms with Crippen LogP contribution in [0.15, 0.2) is 17.1 Å². The van der Waals surface area contributed by atoms with Gasteiger partial charge in [-0.3, -0.25) is 14.6 Å². The van der Waals surface area contributed by atoms with Crippen LogP contribution in [0.2, 0.25) is 0 Å². The van der Waals surface area contributed by atoms with Gasteiger partial charge in [-0.25, -0.2) is 0 Å². The molecule has 2 rings (SSSR count). The smallest absolute Gasteiger partial charge is 0.269 e. The largest absolute Gasteiger partial charge is 0.384 e. The number of nitrogens with one attached hydrogen (secondary N) is 2. The van der Waals surface area contributed by atoms with E-state index in [9.17, 15) is 4.79 Å². The van der Waals surface area contributed by atoms with Gasteiger partial charge in [0.25, 0.3) is 5.56 Å². The van der Waals surface area contributed by atoms with Crippen LogP contribution in [-0.4, -0.2) is 9.78 Å². The lowest BCUT2D eigenvalue weighted by Gasteiger charge is -2.23. The Morgan fingerprint density at radius 1 is 1.47 bits per heavy atom. The number of nitrogens with zero attached hydrogens (tertiary/aromatic N) is 1.